The summed E-state index contributed by atoms with van der Waals surface area (Å²) in [5, 5.41) is 21.0. The van der Waals surface area contributed by atoms with E-state index in [9.17, 15) is 10.2 Å². The number of unbranched alkanes of at least 4 members (excludes halogenated alkanes) is 2. The van der Waals surface area contributed by atoms with Crippen LogP contribution in [0.1, 0.15) is 119 Å². The normalized spacial score (nSPS) is 26.1. The van der Waals surface area contributed by atoms with Crippen molar-refractivity contribution in [3.05, 3.63) is 23.3 Å². The van der Waals surface area contributed by atoms with E-state index in [1.807, 2.05) is 13.0 Å². The topological polar surface area (TPSA) is 40.5 Å². The summed E-state index contributed by atoms with van der Waals surface area (Å²) in [5.41, 5.74) is 2.30. The first-order valence-corrected chi connectivity index (χ1v) is 12.4. The van der Waals surface area contributed by atoms with Gasteiger partial charge in [0.25, 0.3) is 0 Å². The SMILES string of the molecule is CCCCC/C(C)=C/CCC(C)CCCC(C)(O)CCC1=CC(O)C(C)C(C)C1. The Hall–Kier alpha value is -0.600. The van der Waals surface area contributed by atoms with Gasteiger partial charge in [-0.05, 0) is 83.0 Å². The van der Waals surface area contributed by atoms with E-state index in [4.69, 9.17) is 0 Å². The van der Waals surface area contributed by atoms with Gasteiger partial charge >= 0.3 is 0 Å². The number of hydrogen-bond donors (Lipinski definition) is 2. The van der Waals surface area contributed by atoms with Crippen molar-refractivity contribution in [3.8, 4) is 0 Å². The molecule has 29 heavy (non-hydrogen) atoms. The lowest BCUT2D eigenvalue weighted by atomic mass is 9.78. The highest BCUT2D eigenvalue weighted by atomic mass is 16.3. The monoisotopic (exact) mass is 406 g/mol. The third kappa shape index (κ3) is 11.4. The molecule has 2 heteroatoms. The molecule has 0 aliphatic heterocycles. The van der Waals surface area contributed by atoms with Crippen LogP contribution < -0.4 is 0 Å². The second kappa shape index (κ2) is 13.7. The molecular weight excluding hydrogens is 356 g/mol. The maximum absolute atomic E-state index is 10.8. The van der Waals surface area contributed by atoms with Crippen molar-refractivity contribution in [2.75, 3.05) is 0 Å². The molecule has 5 unspecified atom stereocenters. The highest BCUT2D eigenvalue weighted by Crippen LogP contribution is 2.33. The summed E-state index contributed by atoms with van der Waals surface area (Å²) in [6.07, 6.45) is 17.8. The minimum atomic E-state index is -0.590. The Morgan fingerprint density at radius 3 is 2.59 bits per heavy atom. The van der Waals surface area contributed by atoms with Crippen molar-refractivity contribution < 1.29 is 10.2 Å². The molecule has 0 aromatic heterocycles. The molecule has 2 N–H and O–H groups in total. The van der Waals surface area contributed by atoms with E-state index in [1.165, 1.54) is 50.5 Å². The van der Waals surface area contributed by atoms with Crippen LogP contribution >= 0.6 is 0 Å². The summed E-state index contributed by atoms with van der Waals surface area (Å²) >= 11 is 0. The summed E-state index contributed by atoms with van der Waals surface area (Å²) in [7, 11) is 0. The van der Waals surface area contributed by atoms with Crippen LogP contribution in [0.3, 0.4) is 0 Å². The molecular formula is C27H50O2. The smallest absolute Gasteiger partial charge is 0.0751 e. The molecule has 170 valence electrons. The van der Waals surface area contributed by atoms with Crippen molar-refractivity contribution in [1.29, 1.82) is 0 Å². The van der Waals surface area contributed by atoms with Gasteiger partial charge in [-0.25, -0.2) is 0 Å². The maximum atomic E-state index is 10.8. The average molecular weight is 407 g/mol. The van der Waals surface area contributed by atoms with E-state index in [1.54, 1.807) is 5.57 Å². The lowest BCUT2D eigenvalue weighted by Gasteiger charge is -2.31. The van der Waals surface area contributed by atoms with E-state index in [2.05, 4.69) is 40.7 Å². The van der Waals surface area contributed by atoms with Crippen LogP contribution in [-0.2, 0) is 0 Å². The second-order valence-corrected chi connectivity index (χ2v) is 10.4. The van der Waals surface area contributed by atoms with Gasteiger partial charge in [0.2, 0.25) is 0 Å². The van der Waals surface area contributed by atoms with Gasteiger partial charge in [-0.2, -0.15) is 0 Å². The highest BCUT2D eigenvalue weighted by Gasteiger charge is 2.27. The van der Waals surface area contributed by atoms with Crippen molar-refractivity contribution in [2.45, 2.75) is 130 Å². The lowest BCUT2D eigenvalue weighted by molar-refractivity contribution is 0.0373. The van der Waals surface area contributed by atoms with Crippen molar-refractivity contribution in [1.82, 2.24) is 0 Å². The molecule has 0 bridgehead atoms. The Morgan fingerprint density at radius 1 is 1.21 bits per heavy atom. The molecule has 0 saturated carbocycles. The Morgan fingerprint density at radius 2 is 1.93 bits per heavy atom. The molecule has 0 fully saturated rings. The van der Waals surface area contributed by atoms with E-state index < -0.39 is 5.60 Å². The number of rotatable bonds is 14. The summed E-state index contributed by atoms with van der Waals surface area (Å²) in [5.74, 6) is 1.60. The van der Waals surface area contributed by atoms with E-state index >= 15 is 0 Å². The van der Waals surface area contributed by atoms with E-state index in [0.29, 0.717) is 11.8 Å². The predicted molar refractivity (Wildman–Crippen MR) is 127 cm³/mol. The van der Waals surface area contributed by atoms with Crippen LogP contribution in [0.4, 0.5) is 0 Å². The molecule has 0 amide bonds. The zero-order valence-electron chi connectivity index (χ0n) is 20.3. The lowest BCUT2D eigenvalue weighted by Crippen LogP contribution is -2.28. The van der Waals surface area contributed by atoms with E-state index in [0.717, 1.165) is 38.0 Å². The first-order chi connectivity index (χ1) is 13.6. The molecule has 5 atom stereocenters. The van der Waals surface area contributed by atoms with Gasteiger partial charge in [-0.15, -0.1) is 0 Å². The standard InChI is InChI=1S/C27H50O2/c1-7-8-9-12-21(2)13-10-14-22(3)15-11-17-27(6,29)18-16-25-19-23(4)24(5)26(28)20-25/h13,20,22-24,26,28-29H,7-12,14-19H2,1-6H3/b21-13+. The molecule has 1 aliphatic rings. The average Bonchev–Trinajstić information content (AvgIpc) is 2.64. The fraction of sp³-hybridized carbons (Fsp3) is 0.852. The zero-order chi connectivity index (χ0) is 21.9. The molecule has 1 rings (SSSR count). The summed E-state index contributed by atoms with van der Waals surface area (Å²) < 4.78 is 0. The second-order valence-electron chi connectivity index (χ2n) is 10.4. The molecule has 0 radical (unpaired) electrons. The van der Waals surface area contributed by atoms with Crippen LogP contribution in [0.25, 0.3) is 0 Å². The van der Waals surface area contributed by atoms with Gasteiger partial charge in [-0.3, -0.25) is 0 Å². The maximum Gasteiger partial charge on any atom is 0.0751 e. The Kier molecular flexibility index (Phi) is 12.4. The van der Waals surface area contributed by atoms with Crippen LogP contribution in [-0.4, -0.2) is 21.9 Å². The van der Waals surface area contributed by atoms with Crippen molar-refractivity contribution in [3.63, 3.8) is 0 Å². The fourth-order valence-corrected chi connectivity index (χ4v) is 4.48. The number of aliphatic hydroxyl groups excluding tert-OH is 1. The summed E-state index contributed by atoms with van der Waals surface area (Å²) in [4.78, 5) is 0. The fourth-order valence-electron chi connectivity index (χ4n) is 4.48. The van der Waals surface area contributed by atoms with Gasteiger partial charge in [-0.1, -0.05) is 76.7 Å². The third-order valence-corrected chi connectivity index (χ3v) is 7.15. The van der Waals surface area contributed by atoms with Crippen molar-refractivity contribution >= 4 is 0 Å². The Bertz CT molecular complexity index is 503. The van der Waals surface area contributed by atoms with Gasteiger partial charge in [0.05, 0.1) is 11.7 Å². The van der Waals surface area contributed by atoms with Gasteiger partial charge in [0.1, 0.15) is 0 Å². The van der Waals surface area contributed by atoms with Crippen LogP contribution in [0.15, 0.2) is 23.3 Å². The summed E-state index contributed by atoms with van der Waals surface area (Å²) in [6.45, 7) is 13.2. The van der Waals surface area contributed by atoms with Crippen LogP contribution in [0.2, 0.25) is 0 Å². The molecule has 0 aromatic carbocycles. The first kappa shape index (κ1) is 26.4. The largest absolute Gasteiger partial charge is 0.390 e. The molecule has 0 spiro atoms. The predicted octanol–water partition coefficient (Wildman–Crippen LogP) is 7.59. The number of aliphatic hydroxyl groups is 2. The van der Waals surface area contributed by atoms with Gasteiger partial charge < -0.3 is 10.2 Å². The number of hydrogen-bond acceptors (Lipinski definition) is 2. The molecule has 0 aromatic rings. The summed E-state index contributed by atoms with van der Waals surface area (Å²) in [6, 6.07) is 0. The minimum Gasteiger partial charge on any atom is -0.390 e. The van der Waals surface area contributed by atoms with Gasteiger partial charge in [0.15, 0.2) is 0 Å². The highest BCUT2D eigenvalue weighted by molar-refractivity contribution is 5.12. The molecule has 0 saturated heterocycles. The molecule has 2 nitrogen and oxygen atoms in total. The zero-order valence-corrected chi connectivity index (χ0v) is 20.3. The molecule has 1 aliphatic carbocycles. The third-order valence-electron chi connectivity index (χ3n) is 7.15. The van der Waals surface area contributed by atoms with Crippen LogP contribution in [0.5, 0.6) is 0 Å². The van der Waals surface area contributed by atoms with Crippen LogP contribution in [0, 0.1) is 17.8 Å². The first-order valence-electron chi connectivity index (χ1n) is 12.4. The quantitative estimate of drug-likeness (QED) is 0.230. The van der Waals surface area contributed by atoms with Gasteiger partial charge in [0, 0.05) is 0 Å². The number of allylic oxidation sites excluding steroid dienone is 3. The Labute approximate surface area is 181 Å². The Balaban J connectivity index is 2.23. The minimum absolute atomic E-state index is 0.316. The van der Waals surface area contributed by atoms with Crippen molar-refractivity contribution in [2.24, 2.45) is 17.8 Å². The van der Waals surface area contributed by atoms with E-state index in [-0.39, 0.29) is 6.10 Å². The molecule has 0 heterocycles.